The van der Waals surface area contributed by atoms with Gasteiger partial charge < -0.3 is 31.9 Å². The number of amides is 3. The number of alkyl carbamates (subject to hydrolysis) is 1. The van der Waals surface area contributed by atoms with Crippen molar-refractivity contribution in [3.05, 3.63) is 101 Å². The minimum atomic E-state index is -1.02. The fraction of sp³-hybridized carbons (Fsp3) is 0.250. The molecule has 1 heterocycles. The van der Waals surface area contributed by atoms with Crippen LogP contribution in [0.15, 0.2) is 89.7 Å². The number of carbonyl (C=O) groups excluding carboxylic acids is 3. The van der Waals surface area contributed by atoms with Gasteiger partial charge in [0.1, 0.15) is 24.0 Å². The number of halogens is 2. The van der Waals surface area contributed by atoms with E-state index in [0.717, 1.165) is 28.2 Å². The number of pyridine rings is 1. The number of rotatable bonds is 11. The molecule has 0 aliphatic rings. The van der Waals surface area contributed by atoms with Gasteiger partial charge in [0.05, 0.1) is 23.8 Å². The number of ether oxygens (including phenoxy) is 3. The Morgan fingerprint density at radius 3 is 2.45 bits per heavy atom. The lowest BCUT2D eigenvalue weighted by molar-refractivity contribution is -0.697. The van der Waals surface area contributed by atoms with Crippen molar-refractivity contribution >= 4 is 50.5 Å². The number of hydrogen-bond donors (Lipinski definition) is 3. The second-order valence-corrected chi connectivity index (χ2v) is 10.6. The highest BCUT2D eigenvalue weighted by atomic mass is 79.9. The monoisotopic (exact) mass is 684 g/mol. The fourth-order valence-corrected chi connectivity index (χ4v) is 4.97. The van der Waals surface area contributed by atoms with E-state index in [1.54, 1.807) is 42.6 Å². The zero-order chi connectivity index (χ0) is 30.8. The highest BCUT2D eigenvalue weighted by molar-refractivity contribution is 9.10. The number of benzene rings is 3. The Balaban J connectivity index is 0.00000529. The Labute approximate surface area is 270 Å². The Bertz CT molecular complexity index is 1600. The Hall–Kier alpha value is -4.35. The van der Waals surface area contributed by atoms with Gasteiger partial charge in [-0.25, -0.2) is 14.2 Å². The largest absolute Gasteiger partial charge is 1.00 e. The van der Waals surface area contributed by atoms with Crippen molar-refractivity contribution in [1.82, 2.24) is 10.6 Å². The first-order valence-corrected chi connectivity index (χ1v) is 14.6. The van der Waals surface area contributed by atoms with Crippen molar-refractivity contribution in [3.63, 3.8) is 0 Å². The summed E-state index contributed by atoms with van der Waals surface area (Å²) in [5, 5.41) is 9.89. The number of hydrogen-bond acceptors (Lipinski definition) is 6. The van der Waals surface area contributed by atoms with Gasteiger partial charge in [-0.15, -0.1) is 0 Å². The first-order chi connectivity index (χ1) is 20.7. The molecular weight excluding hydrogens is 652 g/mol. The maximum Gasteiger partial charge on any atom is 0.413 e. The SMILES string of the molecule is CCC[n+]1cc(Br)cc(C(=O)NCC(OC(=O)NC(C)OC(=O)Nc2cccc3ccccc23)c2cccc(OC)c2)c1.[Cl-]. The fourth-order valence-electron chi connectivity index (χ4n) is 4.46. The Morgan fingerprint density at radius 2 is 1.68 bits per heavy atom. The van der Waals surface area contributed by atoms with Crippen LogP contribution >= 0.6 is 15.9 Å². The van der Waals surface area contributed by atoms with Gasteiger partial charge in [-0.1, -0.05) is 55.5 Å². The Morgan fingerprint density at radius 1 is 0.932 bits per heavy atom. The van der Waals surface area contributed by atoms with Crippen molar-refractivity contribution in [3.8, 4) is 5.75 Å². The average molecular weight is 686 g/mol. The minimum absolute atomic E-state index is 0. The van der Waals surface area contributed by atoms with Crippen LogP contribution in [0.4, 0.5) is 15.3 Å². The summed E-state index contributed by atoms with van der Waals surface area (Å²) >= 11 is 3.45. The molecule has 4 aromatic rings. The van der Waals surface area contributed by atoms with Crippen LogP contribution in [-0.2, 0) is 16.0 Å². The topological polar surface area (TPSA) is 119 Å². The second kappa shape index (κ2) is 16.5. The van der Waals surface area contributed by atoms with E-state index in [0.29, 0.717) is 22.6 Å². The van der Waals surface area contributed by atoms with Crippen molar-refractivity contribution in [2.24, 2.45) is 0 Å². The van der Waals surface area contributed by atoms with Gasteiger partial charge in [-0.05, 0) is 58.1 Å². The van der Waals surface area contributed by atoms with Crippen LogP contribution in [0.1, 0.15) is 42.3 Å². The lowest BCUT2D eigenvalue weighted by Gasteiger charge is -2.21. The molecule has 4 rings (SSSR count). The number of fused-ring (bicyclic) bond motifs is 1. The first kappa shape index (κ1) is 34.1. The summed E-state index contributed by atoms with van der Waals surface area (Å²) in [5.41, 5.74) is 1.64. The molecule has 3 aromatic carbocycles. The Kier molecular flexibility index (Phi) is 12.8. The third-order valence-electron chi connectivity index (χ3n) is 6.43. The van der Waals surface area contributed by atoms with Gasteiger partial charge in [0, 0.05) is 11.8 Å². The molecule has 0 saturated carbocycles. The van der Waals surface area contributed by atoms with Gasteiger partial charge in [0.2, 0.25) is 0 Å². The molecule has 44 heavy (non-hydrogen) atoms. The van der Waals surface area contributed by atoms with Gasteiger partial charge >= 0.3 is 12.2 Å². The summed E-state index contributed by atoms with van der Waals surface area (Å²) in [5.74, 6) is 0.233. The van der Waals surface area contributed by atoms with Crippen LogP contribution in [0.25, 0.3) is 10.8 Å². The third-order valence-corrected chi connectivity index (χ3v) is 6.86. The molecule has 0 bridgehead atoms. The van der Waals surface area contributed by atoms with Crippen molar-refractivity contribution < 1.29 is 45.6 Å². The van der Waals surface area contributed by atoms with E-state index >= 15 is 0 Å². The van der Waals surface area contributed by atoms with E-state index in [1.165, 1.54) is 14.0 Å². The smallest absolute Gasteiger partial charge is 0.413 e. The summed E-state index contributed by atoms with van der Waals surface area (Å²) in [4.78, 5) is 38.5. The molecule has 0 spiro atoms. The van der Waals surface area contributed by atoms with Crippen LogP contribution in [0, 0.1) is 0 Å². The number of nitrogens with zero attached hydrogens (tertiary/aromatic N) is 1. The van der Waals surface area contributed by atoms with Crippen LogP contribution in [0.3, 0.4) is 0 Å². The number of nitrogens with one attached hydrogen (secondary N) is 3. The summed E-state index contributed by atoms with van der Waals surface area (Å²) < 4.78 is 19.1. The average Bonchev–Trinajstić information content (AvgIpc) is 2.99. The van der Waals surface area contributed by atoms with Gasteiger partial charge in [-0.2, -0.15) is 0 Å². The van der Waals surface area contributed by atoms with Crippen LogP contribution in [0.2, 0.25) is 0 Å². The maximum absolute atomic E-state index is 13.0. The molecule has 232 valence electrons. The molecule has 0 radical (unpaired) electrons. The van der Waals surface area contributed by atoms with E-state index in [-0.39, 0.29) is 24.9 Å². The second-order valence-electron chi connectivity index (χ2n) is 9.70. The molecule has 3 N–H and O–H groups in total. The zero-order valence-electron chi connectivity index (χ0n) is 24.5. The van der Waals surface area contributed by atoms with Crippen LogP contribution in [-0.4, -0.2) is 38.0 Å². The van der Waals surface area contributed by atoms with Crippen molar-refractivity contribution in [1.29, 1.82) is 0 Å². The molecule has 3 amide bonds. The summed E-state index contributed by atoms with van der Waals surface area (Å²) in [7, 11) is 1.53. The minimum Gasteiger partial charge on any atom is -1.00 e. The predicted molar refractivity (Wildman–Crippen MR) is 166 cm³/mol. The van der Waals surface area contributed by atoms with E-state index in [2.05, 4.69) is 38.8 Å². The zero-order valence-corrected chi connectivity index (χ0v) is 26.9. The number of anilines is 1. The number of aromatic nitrogens is 1. The molecule has 2 unspecified atom stereocenters. The molecule has 1 aromatic heterocycles. The quantitative estimate of drug-likeness (QED) is 0.165. The third kappa shape index (κ3) is 9.58. The normalized spacial score (nSPS) is 11.8. The molecule has 12 heteroatoms. The van der Waals surface area contributed by atoms with E-state index < -0.39 is 24.5 Å². The van der Waals surface area contributed by atoms with Gasteiger partial charge in [0.15, 0.2) is 18.6 Å². The molecular formula is C32H34BrClN4O6. The highest BCUT2D eigenvalue weighted by Crippen LogP contribution is 2.24. The van der Waals surface area contributed by atoms with E-state index in [9.17, 15) is 14.4 Å². The molecule has 0 aliphatic heterocycles. The summed E-state index contributed by atoms with van der Waals surface area (Å²) in [6, 6.07) is 21.9. The summed E-state index contributed by atoms with van der Waals surface area (Å²) in [6.07, 6.45) is 1.12. The molecule has 10 nitrogen and oxygen atoms in total. The predicted octanol–water partition coefficient (Wildman–Crippen LogP) is 3.10. The van der Waals surface area contributed by atoms with Crippen LogP contribution < -0.4 is 37.7 Å². The lowest BCUT2D eigenvalue weighted by atomic mass is 10.1. The highest BCUT2D eigenvalue weighted by Gasteiger charge is 2.22. The number of methoxy groups -OCH3 is 1. The summed E-state index contributed by atoms with van der Waals surface area (Å²) in [6.45, 7) is 4.30. The first-order valence-electron chi connectivity index (χ1n) is 13.8. The number of carbonyl (C=O) groups is 3. The van der Waals surface area contributed by atoms with Gasteiger partial charge in [-0.3, -0.25) is 15.4 Å². The van der Waals surface area contributed by atoms with Gasteiger partial charge in [0.25, 0.3) is 5.91 Å². The maximum atomic E-state index is 13.0. The molecule has 0 saturated heterocycles. The molecule has 0 fully saturated rings. The standard InChI is InChI=1S/C32H33BrN4O6.ClH/c1-4-15-37-19-24(16-25(33)20-37)30(38)34-18-29(23-11-7-12-26(17-23)41-3)43-31(39)35-21(2)42-32(40)36-28-14-8-10-22-9-5-6-13-27(22)28;/h5-14,16-17,19-21,29H,4,15,18H2,1-3H3,(H2-,34,35,36,38,39,40);1H. The van der Waals surface area contributed by atoms with Crippen molar-refractivity contribution in [2.75, 3.05) is 19.0 Å². The van der Waals surface area contributed by atoms with E-state index in [4.69, 9.17) is 14.2 Å². The van der Waals surface area contributed by atoms with Crippen LogP contribution in [0.5, 0.6) is 5.75 Å². The number of aryl methyl sites for hydroxylation is 1. The molecule has 2 atom stereocenters. The lowest BCUT2D eigenvalue weighted by Crippen LogP contribution is -3.00. The van der Waals surface area contributed by atoms with E-state index in [1.807, 2.05) is 47.2 Å². The van der Waals surface area contributed by atoms with Crippen molar-refractivity contribution in [2.45, 2.75) is 39.1 Å². The molecule has 0 aliphatic carbocycles.